The van der Waals surface area contributed by atoms with Gasteiger partial charge in [0.05, 0.1) is 36.8 Å². The minimum Gasteiger partial charge on any atom is -0.494 e. The van der Waals surface area contributed by atoms with E-state index >= 15 is 0 Å². The lowest BCUT2D eigenvalue weighted by atomic mass is 9.96. The van der Waals surface area contributed by atoms with Crippen molar-refractivity contribution in [1.82, 2.24) is 14.9 Å². The summed E-state index contributed by atoms with van der Waals surface area (Å²) in [4.78, 5) is 6.73. The number of ether oxygens (including phenoxy) is 1. The molecule has 40 heavy (non-hydrogen) atoms. The second kappa shape index (κ2) is 10.6. The number of hydrogen-bond acceptors (Lipinski definition) is 5. The fraction of sp³-hybridized carbons (Fsp3) is 0.267. The second-order valence-corrected chi connectivity index (χ2v) is 12.4. The van der Waals surface area contributed by atoms with Crippen LogP contribution < -0.4 is 19.7 Å². The number of nitrogens with zero attached hydrogens (tertiary/aromatic N) is 3. The minimum absolute atomic E-state index is 0.221. The molecule has 2 aromatic carbocycles. The molecule has 1 aliphatic rings. The van der Waals surface area contributed by atoms with Crippen LogP contribution in [0.5, 0.6) is 5.75 Å². The molecule has 1 fully saturated rings. The molecule has 2 aromatic heterocycles. The standard InChI is InChI=1S/C30H33N5O3S2/c1-18-13-19(2)15-23(14-18)34-20(3)16-24(21(34)4)29-28(26-9-7-8-12-31-26)32-30(39)35(29)22-10-11-25(27(17-22)38-5)33-40(6,36)37/h7-17,28-29,33H,1-6H3,(H,32,39)/t28-,29-/m1/s1. The van der Waals surface area contributed by atoms with Gasteiger partial charge in [-0.15, -0.1) is 0 Å². The molecule has 0 aliphatic carbocycles. The smallest absolute Gasteiger partial charge is 0.229 e. The number of pyridine rings is 1. The Kier molecular flexibility index (Phi) is 7.32. The van der Waals surface area contributed by atoms with Crippen LogP contribution in [0.25, 0.3) is 5.69 Å². The van der Waals surface area contributed by atoms with E-state index in [1.807, 2.05) is 24.3 Å². The Bertz CT molecular complexity index is 1680. The quantitative estimate of drug-likeness (QED) is 0.275. The van der Waals surface area contributed by atoms with E-state index in [4.69, 9.17) is 17.0 Å². The van der Waals surface area contributed by atoms with Gasteiger partial charge < -0.3 is 19.5 Å². The summed E-state index contributed by atoms with van der Waals surface area (Å²) >= 11 is 5.92. The van der Waals surface area contributed by atoms with Crippen molar-refractivity contribution in [1.29, 1.82) is 0 Å². The monoisotopic (exact) mass is 575 g/mol. The number of rotatable bonds is 7. The molecular weight excluding hydrogens is 542 g/mol. The molecule has 0 saturated carbocycles. The predicted molar refractivity (Wildman–Crippen MR) is 164 cm³/mol. The second-order valence-electron chi connectivity index (χ2n) is 10.3. The number of anilines is 2. The van der Waals surface area contributed by atoms with Gasteiger partial charge in [-0.3, -0.25) is 9.71 Å². The van der Waals surface area contributed by atoms with Crippen molar-refractivity contribution in [2.45, 2.75) is 39.8 Å². The van der Waals surface area contributed by atoms with E-state index in [0.29, 0.717) is 16.5 Å². The molecule has 2 atom stereocenters. The first-order chi connectivity index (χ1) is 19.0. The summed E-state index contributed by atoms with van der Waals surface area (Å²) in [6, 6.07) is 19.5. The fourth-order valence-electron chi connectivity index (χ4n) is 5.63. The molecule has 5 rings (SSSR count). The van der Waals surface area contributed by atoms with Crippen molar-refractivity contribution in [3.63, 3.8) is 0 Å². The van der Waals surface area contributed by atoms with E-state index < -0.39 is 10.0 Å². The number of aryl methyl sites for hydroxylation is 3. The molecule has 0 radical (unpaired) electrons. The first-order valence-electron chi connectivity index (χ1n) is 12.9. The average Bonchev–Trinajstić information content (AvgIpc) is 3.38. The lowest BCUT2D eigenvalue weighted by Crippen LogP contribution is -2.29. The van der Waals surface area contributed by atoms with Gasteiger partial charge in [-0.1, -0.05) is 12.1 Å². The van der Waals surface area contributed by atoms with Crippen LogP contribution in [0.15, 0.2) is 66.9 Å². The fourth-order valence-corrected chi connectivity index (χ4v) is 6.54. The Labute approximate surface area is 241 Å². The summed E-state index contributed by atoms with van der Waals surface area (Å²) in [5, 5.41) is 4.05. The normalized spacial score (nSPS) is 17.1. The van der Waals surface area contributed by atoms with Crippen LogP contribution in [0.4, 0.5) is 11.4 Å². The highest BCUT2D eigenvalue weighted by Gasteiger charge is 2.42. The Balaban J connectivity index is 1.67. The van der Waals surface area contributed by atoms with Gasteiger partial charge in [0.1, 0.15) is 5.75 Å². The van der Waals surface area contributed by atoms with Crippen molar-refractivity contribution in [3.05, 3.63) is 101 Å². The van der Waals surface area contributed by atoms with Crippen LogP contribution in [0, 0.1) is 27.7 Å². The molecule has 1 saturated heterocycles. The first-order valence-corrected chi connectivity index (χ1v) is 15.2. The summed E-state index contributed by atoms with van der Waals surface area (Å²) in [6.07, 6.45) is 2.89. The number of thiocarbonyl (C=S) groups is 1. The van der Waals surface area contributed by atoms with E-state index in [9.17, 15) is 8.42 Å². The Hall–Kier alpha value is -3.89. The highest BCUT2D eigenvalue weighted by molar-refractivity contribution is 7.92. The van der Waals surface area contributed by atoms with Gasteiger partial charge in [-0.25, -0.2) is 8.42 Å². The highest BCUT2D eigenvalue weighted by atomic mass is 32.2. The molecule has 0 spiro atoms. The molecule has 208 valence electrons. The topological polar surface area (TPSA) is 88.5 Å². The summed E-state index contributed by atoms with van der Waals surface area (Å²) < 4.78 is 34.2. The number of aromatic nitrogens is 2. The number of benzene rings is 2. The maximum atomic E-state index is 11.9. The Morgan fingerprint density at radius 2 is 1.70 bits per heavy atom. The third kappa shape index (κ3) is 5.29. The zero-order valence-electron chi connectivity index (χ0n) is 23.4. The molecule has 2 N–H and O–H groups in total. The van der Waals surface area contributed by atoms with Crippen LogP contribution in [-0.2, 0) is 10.0 Å². The number of nitrogens with one attached hydrogen (secondary N) is 2. The summed E-state index contributed by atoms with van der Waals surface area (Å²) in [5.74, 6) is 0.395. The zero-order chi connectivity index (χ0) is 28.8. The van der Waals surface area contributed by atoms with Crippen molar-refractivity contribution in [3.8, 4) is 11.4 Å². The van der Waals surface area contributed by atoms with Gasteiger partial charge in [0.2, 0.25) is 10.0 Å². The SMILES string of the molecule is COc1cc(N2C(=S)N[C@H](c3ccccn3)[C@H]2c2cc(C)n(-c3cc(C)cc(C)c3)c2C)ccc1NS(C)(=O)=O. The van der Waals surface area contributed by atoms with Crippen molar-refractivity contribution >= 4 is 38.7 Å². The summed E-state index contributed by atoms with van der Waals surface area (Å²) in [7, 11) is -1.97. The van der Waals surface area contributed by atoms with E-state index in [-0.39, 0.29) is 12.1 Å². The molecule has 3 heterocycles. The molecule has 10 heteroatoms. The van der Waals surface area contributed by atoms with Gasteiger partial charge in [0, 0.05) is 35.0 Å². The van der Waals surface area contributed by atoms with Crippen LogP contribution in [0.3, 0.4) is 0 Å². The number of sulfonamides is 1. The third-order valence-corrected chi connectivity index (χ3v) is 8.02. The molecule has 0 amide bonds. The van der Waals surface area contributed by atoms with E-state index in [1.54, 1.807) is 18.3 Å². The molecular formula is C30H33N5O3S2. The van der Waals surface area contributed by atoms with Gasteiger partial charge in [-0.05, 0) is 99.1 Å². The molecule has 0 unspecified atom stereocenters. The maximum Gasteiger partial charge on any atom is 0.229 e. The first kappa shape index (κ1) is 27.7. The highest BCUT2D eigenvalue weighted by Crippen LogP contribution is 2.45. The van der Waals surface area contributed by atoms with E-state index in [0.717, 1.165) is 40.3 Å². The Morgan fingerprint density at radius 3 is 2.33 bits per heavy atom. The van der Waals surface area contributed by atoms with Gasteiger partial charge in [0.15, 0.2) is 5.11 Å². The third-order valence-electron chi connectivity index (χ3n) is 7.11. The lowest BCUT2D eigenvalue weighted by molar-refractivity contribution is 0.417. The van der Waals surface area contributed by atoms with Gasteiger partial charge >= 0.3 is 0 Å². The molecule has 0 bridgehead atoms. The summed E-state index contributed by atoms with van der Waals surface area (Å²) in [5.41, 5.74) is 8.85. The average molecular weight is 576 g/mol. The van der Waals surface area contributed by atoms with Crippen LogP contribution in [0.2, 0.25) is 0 Å². The minimum atomic E-state index is -3.48. The predicted octanol–water partition coefficient (Wildman–Crippen LogP) is 5.66. The lowest BCUT2D eigenvalue weighted by Gasteiger charge is -2.29. The molecule has 4 aromatic rings. The van der Waals surface area contributed by atoms with Gasteiger partial charge in [-0.2, -0.15) is 0 Å². The molecule has 1 aliphatic heterocycles. The number of hydrogen-bond donors (Lipinski definition) is 2. The largest absolute Gasteiger partial charge is 0.494 e. The zero-order valence-corrected chi connectivity index (χ0v) is 25.0. The van der Waals surface area contributed by atoms with Crippen LogP contribution in [-0.4, -0.2) is 36.4 Å². The van der Waals surface area contributed by atoms with E-state index in [2.05, 4.69) is 76.5 Å². The van der Waals surface area contributed by atoms with Gasteiger partial charge in [0.25, 0.3) is 0 Å². The van der Waals surface area contributed by atoms with Crippen molar-refractivity contribution < 1.29 is 13.2 Å². The Morgan fingerprint density at radius 1 is 0.975 bits per heavy atom. The van der Waals surface area contributed by atoms with E-state index in [1.165, 1.54) is 18.2 Å². The van der Waals surface area contributed by atoms with Crippen LogP contribution >= 0.6 is 12.2 Å². The number of methoxy groups -OCH3 is 1. The molecule has 8 nitrogen and oxygen atoms in total. The maximum absolute atomic E-state index is 11.9. The van der Waals surface area contributed by atoms with Crippen molar-refractivity contribution in [2.75, 3.05) is 23.0 Å². The summed E-state index contributed by atoms with van der Waals surface area (Å²) in [6.45, 7) is 8.47. The van der Waals surface area contributed by atoms with Crippen LogP contribution in [0.1, 0.15) is 45.9 Å². The van der Waals surface area contributed by atoms with Crippen molar-refractivity contribution in [2.24, 2.45) is 0 Å².